The molecule has 1 heterocycles. The van der Waals surface area contributed by atoms with E-state index in [-0.39, 0.29) is 0 Å². The van der Waals surface area contributed by atoms with Gasteiger partial charge in [0.2, 0.25) is 0 Å². The van der Waals surface area contributed by atoms with Crippen LogP contribution in [0, 0.1) is 6.92 Å². The Hall–Kier alpha value is -1.80. The van der Waals surface area contributed by atoms with Gasteiger partial charge in [0.1, 0.15) is 11.8 Å². The topological polar surface area (TPSA) is 53.6 Å². The smallest absolute Gasteiger partial charge is 0.405 e. The van der Waals surface area contributed by atoms with Crippen molar-refractivity contribution >= 4 is 5.91 Å². The van der Waals surface area contributed by atoms with Crippen molar-refractivity contribution in [1.29, 1.82) is 0 Å². The van der Waals surface area contributed by atoms with Gasteiger partial charge < -0.3 is 15.4 Å². The number of carbonyl (C=O) groups excluding carboxylic acids is 1. The fourth-order valence-corrected chi connectivity index (χ4v) is 2.93. The second-order valence-corrected chi connectivity index (χ2v) is 6.42. The summed E-state index contributed by atoms with van der Waals surface area (Å²) in [5.74, 6) is -0.000123. The molecule has 1 fully saturated rings. The van der Waals surface area contributed by atoms with Gasteiger partial charge in [-0.05, 0) is 31.0 Å². The molecule has 0 saturated carbocycles. The van der Waals surface area contributed by atoms with Gasteiger partial charge in [0.15, 0.2) is 6.10 Å². The van der Waals surface area contributed by atoms with Crippen molar-refractivity contribution in [3.05, 3.63) is 29.8 Å². The molecule has 1 aromatic carbocycles. The van der Waals surface area contributed by atoms with Crippen LogP contribution in [0.25, 0.3) is 0 Å². The second-order valence-electron chi connectivity index (χ2n) is 6.42. The van der Waals surface area contributed by atoms with Gasteiger partial charge in [-0.15, -0.1) is 0 Å². The van der Waals surface area contributed by atoms with Crippen molar-refractivity contribution in [1.82, 2.24) is 15.5 Å². The number of nitrogens with zero attached hydrogens (tertiary/aromatic N) is 1. The minimum absolute atomic E-state index is 0.303. The molecule has 1 amide bonds. The number of piperazine rings is 1. The van der Waals surface area contributed by atoms with Gasteiger partial charge in [-0.2, -0.15) is 13.2 Å². The van der Waals surface area contributed by atoms with Gasteiger partial charge >= 0.3 is 6.18 Å². The van der Waals surface area contributed by atoms with Crippen LogP contribution in [0.2, 0.25) is 0 Å². The molecule has 1 aromatic rings. The van der Waals surface area contributed by atoms with Gasteiger partial charge in [0, 0.05) is 32.7 Å². The van der Waals surface area contributed by atoms with Crippen molar-refractivity contribution < 1.29 is 22.7 Å². The molecule has 0 spiro atoms. The van der Waals surface area contributed by atoms with Crippen LogP contribution in [0.3, 0.4) is 0 Å². The van der Waals surface area contributed by atoms with Gasteiger partial charge in [-0.3, -0.25) is 9.69 Å². The Kier molecular flexibility index (Phi) is 7.28. The summed E-state index contributed by atoms with van der Waals surface area (Å²) in [6, 6.07) is 5.52. The Morgan fingerprint density at radius 3 is 2.62 bits per heavy atom. The quantitative estimate of drug-likeness (QED) is 0.769. The number of alkyl halides is 3. The first kappa shape index (κ1) is 20.5. The molecule has 1 aliphatic rings. The Labute approximate surface area is 151 Å². The van der Waals surface area contributed by atoms with Crippen molar-refractivity contribution in [3.63, 3.8) is 0 Å². The molecule has 2 unspecified atom stereocenters. The average molecular weight is 373 g/mol. The lowest BCUT2D eigenvalue weighted by Crippen LogP contribution is -2.58. The number of rotatable bonds is 7. The maximum atomic E-state index is 13.4. The molecule has 2 N–H and O–H groups in total. The van der Waals surface area contributed by atoms with Crippen molar-refractivity contribution in [2.24, 2.45) is 0 Å². The lowest BCUT2D eigenvalue weighted by molar-refractivity contribution is -0.184. The molecule has 1 saturated heterocycles. The maximum absolute atomic E-state index is 13.4. The highest BCUT2D eigenvalue weighted by molar-refractivity contribution is 5.81. The highest BCUT2D eigenvalue weighted by Crippen LogP contribution is 2.25. The van der Waals surface area contributed by atoms with Crippen molar-refractivity contribution in [2.45, 2.75) is 38.6 Å². The highest BCUT2D eigenvalue weighted by atomic mass is 19.4. The summed E-state index contributed by atoms with van der Waals surface area (Å²) in [5.41, 5.74) is 0.980. The SMILES string of the molecule is CCC(Oc1cccc(C)c1)C(=O)NCC(N1CCNCC1)C(F)(F)F. The summed E-state index contributed by atoms with van der Waals surface area (Å²) in [4.78, 5) is 13.7. The lowest BCUT2D eigenvalue weighted by atomic mass is 10.2. The number of aryl methyl sites for hydroxylation is 1. The molecule has 0 radical (unpaired) electrons. The first-order valence-corrected chi connectivity index (χ1v) is 8.83. The van der Waals surface area contributed by atoms with Crippen LogP contribution in [-0.4, -0.2) is 61.9 Å². The zero-order chi connectivity index (χ0) is 19.2. The third-order valence-electron chi connectivity index (χ3n) is 4.37. The van der Waals surface area contributed by atoms with Gasteiger partial charge in [0.05, 0.1) is 0 Å². The Balaban J connectivity index is 1.96. The van der Waals surface area contributed by atoms with E-state index in [0.29, 0.717) is 38.3 Å². The Morgan fingerprint density at radius 1 is 1.35 bits per heavy atom. The third-order valence-corrected chi connectivity index (χ3v) is 4.37. The van der Waals surface area contributed by atoms with Crippen LogP contribution in [-0.2, 0) is 4.79 Å². The van der Waals surface area contributed by atoms with Crippen LogP contribution >= 0.6 is 0 Å². The lowest BCUT2D eigenvalue weighted by Gasteiger charge is -2.36. The van der Waals surface area contributed by atoms with Crippen LogP contribution in [0.5, 0.6) is 5.75 Å². The first-order valence-electron chi connectivity index (χ1n) is 8.83. The first-order chi connectivity index (χ1) is 12.3. The zero-order valence-electron chi connectivity index (χ0n) is 15.1. The van der Waals surface area contributed by atoms with Crippen LogP contribution < -0.4 is 15.4 Å². The number of nitrogens with one attached hydrogen (secondary N) is 2. The van der Waals surface area contributed by atoms with E-state index in [0.717, 1.165) is 5.56 Å². The number of ether oxygens (including phenoxy) is 1. The van der Waals surface area contributed by atoms with E-state index in [4.69, 9.17) is 4.74 Å². The molecule has 1 aliphatic heterocycles. The standard InChI is InChI=1S/C18H26F3N3O2/c1-3-15(26-14-6-4-5-13(2)11-14)17(25)23-12-16(18(19,20)21)24-9-7-22-8-10-24/h4-6,11,15-16,22H,3,7-10,12H2,1-2H3,(H,23,25). The Bertz CT molecular complexity index is 589. The second kappa shape index (κ2) is 9.23. The Morgan fingerprint density at radius 2 is 2.04 bits per heavy atom. The monoisotopic (exact) mass is 373 g/mol. The van der Waals surface area contributed by atoms with Crippen LogP contribution in [0.15, 0.2) is 24.3 Å². The van der Waals surface area contributed by atoms with Crippen LogP contribution in [0.1, 0.15) is 18.9 Å². The minimum Gasteiger partial charge on any atom is -0.481 e. The molecule has 2 atom stereocenters. The van der Waals surface area contributed by atoms with E-state index >= 15 is 0 Å². The molecule has 2 rings (SSSR count). The van der Waals surface area contributed by atoms with E-state index in [1.165, 1.54) is 4.90 Å². The van der Waals surface area contributed by atoms with Gasteiger partial charge in [-0.25, -0.2) is 0 Å². The fraction of sp³-hybridized carbons (Fsp3) is 0.611. The van der Waals surface area contributed by atoms with E-state index in [1.54, 1.807) is 25.1 Å². The van der Waals surface area contributed by atoms with Gasteiger partial charge in [0.25, 0.3) is 5.91 Å². The third kappa shape index (κ3) is 5.88. The number of halogens is 3. The van der Waals surface area contributed by atoms with Gasteiger partial charge in [-0.1, -0.05) is 19.1 Å². The summed E-state index contributed by atoms with van der Waals surface area (Å²) < 4.78 is 45.8. The van der Waals surface area contributed by atoms with E-state index < -0.39 is 30.8 Å². The highest BCUT2D eigenvalue weighted by Gasteiger charge is 2.44. The molecule has 8 heteroatoms. The molecular weight excluding hydrogens is 347 g/mol. The molecule has 146 valence electrons. The van der Waals surface area contributed by atoms with E-state index in [9.17, 15) is 18.0 Å². The maximum Gasteiger partial charge on any atom is 0.405 e. The number of hydrogen-bond donors (Lipinski definition) is 2. The number of carbonyl (C=O) groups is 1. The molecule has 0 aromatic heterocycles. The fourth-order valence-electron chi connectivity index (χ4n) is 2.93. The minimum atomic E-state index is -4.40. The summed E-state index contributed by atoms with van der Waals surface area (Å²) in [6.45, 7) is 4.81. The molecular formula is C18H26F3N3O2. The largest absolute Gasteiger partial charge is 0.481 e. The summed E-state index contributed by atoms with van der Waals surface area (Å²) >= 11 is 0. The predicted molar refractivity (Wildman–Crippen MR) is 93.2 cm³/mol. The number of amides is 1. The molecule has 0 bridgehead atoms. The van der Waals surface area contributed by atoms with E-state index in [1.807, 2.05) is 13.0 Å². The molecule has 26 heavy (non-hydrogen) atoms. The van der Waals surface area contributed by atoms with Crippen LogP contribution in [0.4, 0.5) is 13.2 Å². The average Bonchev–Trinajstić information content (AvgIpc) is 2.59. The molecule has 5 nitrogen and oxygen atoms in total. The van der Waals surface area contributed by atoms with Crippen molar-refractivity contribution in [2.75, 3.05) is 32.7 Å². The normalized spacial score (nSPS) is 18.2. The summed E-state index contributed by atoms with van der Waals surface area (Å²) in [5, 5.41) is 5.46. The number of benzene rings is 1. The molecule has 0 aliphatic carbocycles. The summed E-state index contributed by atoms with van der Waals surface area (Å²) in [6.07, 6.45) is -4.86. The predicted octanol–water partition coefficient (Wildman–Crippen LogP) is 2.10. The number of hydrogen-bond acceptors (Lipinski definition) is 4. The summed E-state index contributed by atoms with van der Waals surface area (Å²) in [7, 11) is 0. The zero-order valence-corrected chi connectivity index (χ0v) is 15.1. The van der Waals surface area contributed by atoms with E-state index in [2.05, 4.69) is 10.6 Å². The van der Waals surface area contributed by atoms with Crippen molar-refractivity contribution in [3.8, 4) is 5.75 Å².